The zero-order valence-electron chi connectivity index (χ0n) is 19.7. The number of allylic oxidation sites excluding steroid dienone is 4. The van der Waals surface area contributed by atoms with Crippen molar-refractivity contribution in [1.82, 2.24) is 9.55 Å². The Morgan fingerprint density at radius 2 is 2.05 bits per heavy atom. The lowest BCUT2D eigenvalue weighted by Crippen LogP contribution is -2.14. The number of ketones is 1. The van der Waals surface area contributed by atoms with Crippen LogP contribution in [0.2, 0.25) is 5.15 Å². The van der Waals surface area contributed by atoms with Gasteiger partial charge in [0, 0.05) is 34.6 Å². The smallest absolute Gasteiger partial charge is 0.353 e. The zero-order valence-corrected chi connectivity index (χ0v) is 20.5. The number of methoxy groups -OCH3 is 1. The van der Waals surface area contributed by atoms with Gasteiger partial charge in [-0.3, -0.25) is 4.79 Å². The first-order valence-corrected chi connectivity index (χ1v) is 11.8. The second-order valence-electron chi connectivity index (χ2n) is 8.78. The second-order valence-corrected chi connectivity index (χ2v) is 9.14. The number of hydrogen-bond donors (Lipinski definition) is 1. The lowest BCUT2D eigenvalue weighted by molar-refractivity contribution is -0.113. The molecular formula is C28H17ClF2N2O5. The number of fused-ring (bicyclic) bond motifs is 4. The van der Waals surface area contributed by atoms with Gasteiger partial charge in [-0.25, -0.2) is 18.6 Å². The van der Waals surface area contributed by atoms with E-state index < -0.39 is 17.6 Å². The summed E-state index contributed by atoms with van der Waals surface area (Å²) in [5.74, 6) is -2.84. The minimum absolute atomic E-state index is 0.000407. The van der Waals surface area contributed by atoms with E-state index in [1.807, 2.05) is 0 Å². The maximum absolute atomic E-state index is 15.1. The number of aromatic nitrogens is 2. The zero-order chi connectivity index (χ0) is 26.7. The Balaban J connectivity index is 1.66. The predicted molar refractivity (Wildman–Crippen MR) is 138 cm³/mol. The van der Waals surface area contributed by atoms with E-state index in [2.05, 4.69) is 4.98 Å². The molecule has 6 rings (SSSR count). The maximum Gasteiger partial charge on any atom is 0.353 e. The highest BCUT2D eigenvalue weighted by Gasteiger charge is 2.31. The van der Waals surface area contributed by atoms with Crippen molar-refractivity contribution >= 4 is 61.7 Å². The molecule has 0 saturated heterocycles. The van der Waals surface area contributed by atoms with Crippen LogP contribution in [0.15, 0.2) is 59.2 Å². The van der Waals surface area contributed by atoms with Crippen molar-refractivity contribution in [2.45, 2.75) is 13.0 Å². The number of halogens is 3. The van der Waals surface area contributed by atoms with Crippen LogP contribution in [0.25, 0.3) is 38.3 Å². The Kier molecular flexibility index (Phi) is 5.53. The van der Waals surface area contributed by atoms with E-state index in [-0.39, 0.29) is 63.0 Å². The molecule has 190 valence electrons. The summed E-state index contributed by atoms with van der Waals surface area (Å²) in [7, 11) is 1.33. The van der Waals surface area contributed by atoms with Crippen molar-refractivity contribution < 1.29 is 32.6 Å². The van der Waals surface area contributed by atoms with Gasteiger partial charge in [0.05, 0.1) is 41.7 Å². The van der Waals surface area contributed by atoms with Gasteiger partial charge in [-0.15, -0.1) is 0 Å². The van der Waals surface area contributed by atoms with Crippen LogP contribution in [0.3, 0.4) is 0 Å². The van der Waals surface area contributed by atoms with Crippen molar-refractivity contribution in [3.8, 4) is 5.75 Å². The summed E-state index contributed by atoms with van der Waals surface area (Å²) < 4.78 is 41.5. The van der Waals surface area contributed by atoms with Crippen molar-refractivity contribution in [1.29, 1.82) is 0 Å². The molecule has 0 fully saturated rings. The fraction of sp³-hybridized carbons (Fsp3) is 0.107. The summed E-state index contributed by atoms with van der Waals surface area (Å²) in [4.78, 5) is 29.9. The van der Waals surface area contributed by atoms with Gasteiger partial charge in [0.2, 0.25) is 0 Å². The first-order valence-electron chi connectivity index (χ1n) is 11.5. The monoisotopic (exact) mass is 534 g/mol. The number of carbonyl (C=O) groups excluding carboxylic acids is 1. The molecule has 7 nitrogen and oxygen atoms in total. The largest absolute Gasteiger partial charge is 0.494 e. The molecule has 0 spiro atoms. The minimum atomic E-state index is -1.33. The number of benzene rings is 2. The molecule has 1 aliphatic carbocycles. The standard InChI is InChI=1S/C28H17ClF2N2O5/c1-37-22-11-19-13(9-18(22)31)8-14(27(29)32-19)12-33-20-10-17(30)15-6-7-38-26(15)24(20)23(25(33)28(35)36)16-4-2-3-5-21(16)34/h2-4,6-11H,5,12H2,1H3,(H,35,36). The molecule has 3 aromatic heterocycles. The Hall–Kier alpha value is -4.50. The number of carboxylic acid groups (broad SMARTS) is 1. The molecule has 0 bridgehead atoms. The van der Waals surface area contributed by atoms with E-state index in [1.54, 1.807) is 18.2 Å². The molecular weight excluding hydrogens is 518 g/mol. The van der Waals surface area contributed by atoms with Gasteiger partial charge in [-0.1, -0.05) is 29.8 Å². The van der Waals surface area contributed by atoms with Crippen molar-refractivity contribution in [3.63, 3.8) is 0 Å². The molecule has 0 amide bonds. The van der Waals surface area contributed by atoms with Crippen LogP contribution < -0.4 is 4.74 Å². The number of hydrogen-bond acceptors (Lipinski definition) is 5. The van der Waals surface area contributed by atoms with Crippen LogP contribution in [-0.4, -0.2) is 33.5 Å². The van der Waals surface area contributed by atoms with Gasteiger partial charge < -0.3 is 18.8 Å². The number of Topliss-reactive ketones (excluding diaryl/α,β-unsaturated/α-hetero) is 1. The van der Waals surface area contributed by atoms with Crippen LogP contribution in [0, 0.1) is 11.6 Å². The van der Waals surface area contributed by atoms with Gasteiger partial charge in [0.15, 0.2) is 17.3 Å². The van der Waals surface area contributed by atoms with Crippen LogP contribution in [0.5, 0.6) is 5.75 Å². The Morgan fingerprint density at radius 1 is 1.24 bits per heavy atom. The van der Waals surface area contributed by atoms with Gasteiger partial charge in [0.1, 0.15) is 22.2 Å². The highest BCUT2D eigenvalue weighted by atomic mass is 35.5. The minimum Gasteiger partial charge on any atom is -0.494 e. The van der Waals surface area contributed by atoms with Crippen LogP contribution in [0.4, 0.5) is 8.78 Å². The number of carbonyl (C=O) groups is 2. The Morgan fingerprint density at radius 3 is 2.79 bits per heavy atom. The quantitative estimate of drug-likeness (QED) is 0.257. The molecule has 3 heterocycles. The third-order valence-corrected chi connectivity index (χ3v) is 6.96. The summed E-state index contributed by atoms with van der Waals surface area (Å²) in [5.41, 5.74) is 1.11. The highest BCUT2D eigenvalue weighted by molar-refractivity contribution is 6.31. The molecule has 0 radical (unpaired) electrons. The average molecular weight is 535 g/mol. The van der Waals surface area contributed by atoms with E-state index in [4.69, 9.17) is 20.8 Å². The summed E-state index contributed by atoms with van der Waals surface area (Å²) in [6.07, 6.45) is 6.27. The Bertz CT molecular complexity index is 1900. The molecule has 1 aliphatic rings. The van der Waals surface area contributed by atoms with Crippen LogP contribution >= 0.6 is 11.6 Å². The van der Waals surface area contributed by atoms with Crippen LogP contribution in [0.1, 0.15) is 28.0 Å². The van der Waals surface area contributed by atoms with Gasteiger partial charge in [-0.2, -0.15) is 0 Å². The van der Waals surface area contributed by atoms with Crippen molar-refractivity contribution in [2.24, 2.45) is 0 Å². The number of nitrogens with zero attached hydrogens (tertiary/aromatic N) is 2. The topological polar surface area (TPSA) is 94.6 Å². The molecule has 0 aliphatic heterocycles. The number of aromatic carboxylic acids is 1. The van der Waals surface area contributed by atoms with Gasteiger partial charge in [-0.05, 0) is 24.3 Å². The SMILES string of the molecule is COc1cc2nc(Cl)c(Cn3c(C(=O)O)c(C4=CC=CCC4=O)c4c5occc5c(F)cc43)cc2cc1F. The van der Waals surface area contributed by atoms with Crippen molar-refractivity contribution in [3.05, 3.63) is 88.4 Å². The molecule has 1 N–H and O–H groups in total. The maximum atomic E-state index is 15.1. The van der Waals surface area contributed by atoms with Gasteiger partial charge in [0.25, 0.3) is 0 Å². The number of ether oxygens (including phenoxy) is 1. The molecule has 0 saturated carbocycles. The first-order chi connectivity index (χ1) is 18.3. The normalized spacial score (nSPS) is 13.6. The third kappa shape index (κ3) is 3.58. The number of carboxylic acids is 1. The van der Waals surface area contributed by atoms with Gasteiger partial charge >= 0.3 is 5.97 Å². The summed E-state index contributed by atoms with van der Waals surface area (Å²) in [6, 6.07) is 6.88. The lowest BCUT2D eigenvalue weighted by atomic mass is 9.93. The van der Waals surface area contributed by atoms with E-state index in [1.165, 1.54) is 48.3 Å². The summed E-state index contributed by atoms with van der Waals surface area (Å²) in [5, 5.41) is 11.3. The third-order valence-electron chi connectivity index (χ3n) is 6.63. The number of furan rings is 1. The van der Waals surface area contributed by atoms with E-state index in [9.17, 15) is 19.1 Å². The molecule has 5 aromatic rings. The predicted octanol–water partition coefficient (Wildman–Crippen LogP) is 6.53. The van der Waals surface area contributed by atoms with Crippen molar-refractivity contribution in [2.75, 3.05) is 7.11 Å². The fourth-order valence-electron chi connectivity index (χ4n) is 4.95. The van der Waals surface area contributed by atoms with E-state index in [0.29, 0.717) is 21.9 Å². The average Bonchev–Trinajstić information content (AvgIpc) is 3.49. The Labute approximate surface area is 218 Å². The molecule has 0 atom stereocenters. The first kappa shape index (κ1) is 23.9. The highest BCUT2D eigenvalue weighted by Crippen LogP contribution is 2.40. The summed E-state index contributed by atoms with van der Waals surface area (Å²) >= 11 is 6.49. The van der Waals surface area contributed by atoms with Crippen LogP contribution in [-0.2, 0) is 11.3 Å². The molecule has 10 heteroatoms. The number of pyridine rings is 1. The van der Waals surface area contributed by atoms with E-state index in [0.717, 1.165) is 0 Å². The van der Waals surface area contributed by atoms with E-state index >= 15 is 4.39 Å². The fourth-order valence-corrected chi connectivity index (χ4v) is 5.16. The summed E-state index contributed by atoms with van der Waals surface area (Å²) in [6.45, 7) is -0.156. The lowest BCUT2D eigenvalue weighted by Gasteiger charge is -2.13. The molecule has 2 aromatic carbocycles. The molecule has 0 unspecified atom stereocenters. The molecule has 38 heavy (non-hydrogen) atoms. The second kappa shape index (κ2) is 8.81. The number of rotatable bonds is 5.